The molecule has 1 amide bonds. The van der Waals surface area contributed by atoms with E-state index < -0.39 is 16.4 Å². The van der Waals surface area contributed by atoms with Gasteiger partial charge in [0.15, 0.2) is 0 Å². The van der Waals surface area contributed by atoms with Gasteiger partial charge < -0.3 is 11.1 Å². The highest BCUT2D eigenvalue weighted by Gasteiger charge is 2.31. The molecule has 0 heterocycles. The van der Waals surface area contributed by atoms with Gasteiger partial charge in [0, 0.05) is 11.8 Å². The highest BCUT2D eigenvalue weighted by atomic mass is 32.2. The molecule has 1 aromatic carbocycles. The van der Waals surface area contributed by atoms with E-state index in [2.05, 4.69) is 5.32 Å². The number of hydrogen-bond donors (Lipinski definition) is 2. The van der Waals surface area contributed by atoms with Gasteiger partial charge in [0.05, 0.1) is 9.82 Å². The first-order valence-corrected chi connectivity index (χ1v) is 7.30. The van der Waals surface area contributed by atoms with Crippen LogP contribution in [0.3, 0.4) is 0 Å². The normalized spacial score (nSPS) is 13.7. The Morgan fingerprint density at radius 3 is 2.70 bits per heavy atom. The summed E-state index contributed by atoms with van der Waals surface area (Å²) in [6.07, 6.45) is 0.874. The molecule has 0 aliphatic rings. The van der Waals surface area contributed by atoms with Crippen LogP contribution in [0.2, 0.25) is 0 Å². The minimum Gasteiger partial charge on any atom is -0.368 e. The maximum absolute atomic E-state index is 11.6. The molecule has 3 N–H and O–H groups in total. The molecule has 0 aliphatic heterocycles. The summed E-state index contributed by atoms with van der Waals surface area (Å²) >= 11 is 1.26. The number of nitrogens with zero attached hydrogens (tertiary/aromatic N) is 1. The lowest BCUT2D eigenvalue weighted by Crippen LogP contribution is -2.55. The molecule has 1 rings (SSSR count). The molecule has 0 saturated heterocycles. The SMILES string of the molecule is CCCNC(C)(CSc1ccccc1[N+](=O)[O-])C(N)=O. The third-order valence-electron chi connectivity index (χ3n) is 2.89. The van der Waals surface area contributed by atoms with Crippen molar-refractivity contribution in [2.24, 2.45) is 5.73 Å². The molecule has 0 aromatic heterocycles. The first kappa shape index (κ1) is 16.5. The number of carbonyl (C=O) groups excluding carboxylic acids is 1. The average molecular weight is 297 g/mol. The van der Waals surface area contributed by atoms with Crippen molar-refractivity contribution in [1.29, 1.82) is 0 Å². The molecule has 1 unspecified atom stereocenters. The summed E-state index contributed by atoms with van der Waals surface area (Å²) in [6, 6.07) is 6.47. The van der Waals surface area contributed by atoms with Gasteiger partial charge in [-0.25, -0.2) is 0 Å². The van der Waals surface area contributed by atoms with Crippen molar-refractivity contribution in [3.63, 3.8) is 0 Å². The van der Waals surface area contributed by atoms with Crippen molar-refractivity contribution in [3.05, 3.63) is 34.4 Å². The van der Waals surface area contributed by atoms with Gasteiger partial charge in [-0.15, -0.1) is 11.8 Å². The number of nitro benzene ring substituents is 1. The van der Waals surface area contributed by atoms with Gasteiger partial charge in [-0.2, -0.15) is 0 Å². The Morgan fingerprint density at radius 1 is 1.50 bits per heavy atom. The number of thioether (sulfide) groups is 1. The van der Waals surface area contributed by atoms with Crippen LogP contribution in [-0.2, 0) is 4.79 Å². The smallest absolute Gasteiger partial charge is 0.282 e. The van der Waals surface area contributed by atoms with Crippen molar-refractivity contribution >= 4 is 23.4 Å². The lowest BCUT2D eigenvalue weighted by atomic mass is 10.0. The Labute approximate surface area is 122 Å². The standard InChI is InChI=1S/C13H19N3O3S/c1-3-8-15-13(2,12(14)17)9-20-11-7-5-4-6-10(11)16(18)19/h4-7,15H,3,8-9H2,1-2H3,(H2,14,17). The summed E-state index contributed by atoms with van der Waals surface area (Å²) in [5.74, 6) is -0.121. The van der Waals surface area contributed by atoms with Crippen molar-refractivity contribution < 1.29 is 9.72 Å². The molecule has 0 fully saturated rings. The van der Waals surface area contributed by atoms with Gasteiger partial charge in [0.2, 0.25) is 5.91 Å². The van der Waals surface area contributed by atoms with E-state index in [1.165, 1.54) is 17.8 Å². The Balaban J connectivity index is 2.83. The zero-order chi connectivity index (χ0) is 15.2. The minimum atomic E-state index is -0.885. The van der Waals surface area contributed by atoms with E-state index in [0.717, 1.165) is 6.42 Å². The number of nitrogens with two attached hydrogens (primary N) is 1. The van der Waals surface area contributed by atoms with Gasteiger partial charge in [0.1, 0.15) is 5.54 Å². The Morgan fingerprint density at radius 2 is 2.15 bits per heavy atom. The summed E-state index contributed by atoms with van der Waals surface area (Å²) in [5, 5.41) is 14.0. The second-order valence-electron chi connectivity index (χ2n) is 4.64. The van der Waals surface area contributed by atoms with E-state index in [0.29, 0.717) is 17.2 Å². The largest absolute Gasteiger partial charge is 0.368 e. The number of para-hydroxylation sites is 1. The van der Waals surface area contributed by atoms with Crippen molar-refractivity contribution in [1.82, 2.24) is 5.32 Å². The summed E-state index contributed by atoms with van der Waals surface area (Å²) in [4.78, 5) is 22.6. The highest BCUT2D eigenvalue weighted by Crippen LogP contribution is 2.30. The number of nitro groups is 1. The zero-order valence-corrected chi connectivity index (χ0v) is 12.4. The van der Waals surface area contributed by atoms with Crippen molar-refractivity contribution in [3.8, 4) is 0 Å². The zero-order valence-electron chi connectivity index (χ0n) is 11.6. The fraction of sp³-hybridized carbons (Fsp3) is 0.462. The average Bonchev–Trinajstić information content (AvgIpc) is 2.43. The third-order valence-corrected chi connectivity index (χ3v) is 4.27. The monoisotopic (exact) mass is 297 g/mol. The summed E-state index contributed by atoms with van der Waals surface area (Å²) in [6.45, 7) is 4.37. The first-order valence-electron chi connectivity index (χ1n) is 6.32. The second kappa shape index (κ2) is 7.25. The molecule has 0 spiro atoms. The number of rotatable bonds is 8. The molecular formula is C13H19N3O3S. The molecule has 20 heavy (non-hydrogen) atoms. The van der Waals surface area contributed by atoms with Crippen LogP contribution in [0.1, 0.15) is 20.3 Å². The van der Waals surface area contributed by atoms with E-state index in [-0.39, 0.29) is 5.69 Å². The fourth-order valence-corrected chi connectivity index (χ4v) is 2.72. The molecule has 0 radical (unpaired) electrons. The van der Waals surface area contributed by atoms with Crippen LogP contribution in [0, 0.1) is 10.1 Å². The van der Waals surface area contributed by atoms with E-state index in [1.807, 2.05) is 6.92 Å². The maximum Gasteiger partial charge on any atom is 0.282 e. The molecule has 0 aliphatic carbocycles. The summed E-state index contributed by atoms with van der Waals surface area (Å²) in [5.41, 5.74) is 4.58. The molecule has 7 heteroatoms. The lowest BCUT2D eigenvalue weighted by molar-refractivity contribution is -0.387. The van der Waals surface area contributed by atoms with Crippen LogP contribution in [-0.4, -0.2) is 28.7 Å². The molecule has 6 nitrogen and oxygen atoms in total. The Hall–Kier alpha value is -1.60. The van der Waals surface area contributed by atoms with Crippen molar-refractivity contribution in [2.45, 2.75) is 30.7 Å². The van der Waals surface area contributed by atoms with E-state index in [4.69, 9.17) is 5.73 Å². The lowest BCUT2D eigenvalue weighted by Gasteiger charge is -2.27. The van der Waals surface area contributed by atoms with E-state index in [9.17, 15) is 14.9 Å². The molecular weight excluding hydrogens is 278 g/mol. The Bertz CT molecular complexity index is 496. The molecule has 1 aromatic rings. The Kier molecular flexibility index (Phi) is 5.97. The second-order valence-corrected chi connectivity index (χ2v) is 5.65. The number of nitrogens with one attached hydrogen (secondary N) is 1. The van der Waals surface area contributed by atoms with E-state index >= 15 is 0 Å². The van der Waals surface area contributed by atoms with Crippen LogP contribution >= 0.6 is 11.8 Å². The number of benzene rings is 1. The summed E-state index contributed by atoms with van der Waals surface area (Å²) < 4.78 is 0. The van der Waals surface area contributed by atoms with Gasteiger partial charge in [-0.05, 0) is 26.0 Å². The van der Waals surface area contributed by atoms with Gasteiger partial charge in [-0.1, -0.05) is 19.1 Å². The van der Waals surface area contributed by atoms with Crippen LogP contribution in [0.15, 0.2) is 29.2 Å². The first-order chi connectivity index (χ1) is 9.40. The predicted molar refractivity (Wildman–Crippen MR) is 79.7 cm³/mol. The minimum absolute atomic E-state index is 0.0415. The number of primary amides is 1. The summed E-state index contributed by atoms with van der Waals surface area (Å²) in [7, 11) is 0. The molecule has 0 saturated carbocycles. The predicted octanol–water partition coefficient (Wildman–Crippen LogP) is 1.93. The van der Waals surface area contributed by atoms with Crippen LogP contribution < -0.4 is 11.1 Å². The third kappa shape index (κ3) is 4.21. The van der Waals surface area contributed by atoms with Gasteiger partial charge in [0.25, 0.3) is 5.69 Å². The molecule has 1 atom stereocenters. The highest BCUT2D eigenvalue weighted by molar-refractivity contribution is 7.99. The van der Waals surface area contributed by atoms with Gasteiger partial charge >= 0.3 is 0 Å². The van der Waals surface area contributed by atoms with Crippen LogP contribution in [0.4, 0.5) is 5.69 Å². The molecule has 0 bridgehead atoms. The van der Waals surface area contributed by atoms with Gasteiger partial charge in [-0.3, -0.25) is 14.9 Å². The topological polar surface area (TPSA) is 98.3 Å². The van der Waals surface area contributed by atoms with Crippen LogP contribution in [0.5, 0.6) is 0 Å². The molecule has 110 valence electrons. The quantitative estimate of drug-likeness (QED) is 0.434. The number of hydrogen-bond acceptors (Lipinski definition) is 5. The maximum atomic E-state index is 11.6. The van der Waals surface area contributed by atoms with Crippen LogP contribution in [0.25, 0.3) is 0 Å². The van der Waals surface area contributed by atoms with E-state index in [1.54, 1.807) is 25.1 Å². The number of amides is 1. The number of carbonyl (C=O) groups is 1. The van der Waals surface area contributed by atoms with Crippen molar-refractivity contribution in [2.75, 3.05) is 12.3 Å². The fourth-order valence-electron chi connectivity index (χ4n) is 1.56.